The van der Waals surface area contributed by atoms with E-state index in [9.17, 15) is 14.0 Å². The maximum atomic E-state index is 14.9. The zero-order valence-electron chi connectivity index (χ0n) is 13.3. The lowest BCUT2D eigenvalue weighted by molar-refractivity contribution is -0.146. The summed E-state index contributed by atoms with van der Waals surface area (Å²) in [5.74, 6) is -0.283. The van der Waals surface area contributed by atoms with Crippen LogP contribution in [0.1, 0.15) is 37.7 Å². The smallest absolute Gasteiger partial charge is 0.258 e. The van der Waals surface area contributed by atoms with Crippen LogP contribution in [0.2, 0.25) is 0 Å². The molecule has 1 aliphatic heterocycles. The first-order valence-corrected chi connectivity index (χ1v) is 8.38. The van der Waals surface area contributed by atoms with Gasteiger partial charge in [0.15, 0.2) is 5.67 Å². The van der Waals surface area contributed by atoms with Crippen molar-refractivity contribution in [2.45, 2.75) is 44.3 Å². The topological polar surface area (TPSA) is 49.4 Å². The minimum absolute atomic E-state index is 0.0894. The largest absolute Gasteiger partial charge is 0.349 e. The number of hydrogen-bond donors (Lipinski definition) is 1. The van der Waals surface area contributed by atoms with Gasteiger partial charge in [0.2, 0.25) is 5.91 Å². The highest BCUT2D eigenvalue weighted by Crippen LogP contribution is 2.32. The van der Waals surface area contributed by atoms with Gasteiger partial charge < -0.3 is 10.2 Å². The van der Waals surface area contributed by atoms with Crippen molar-refractivity contribution in [3.63, 3.8) is 0 Å². The lowest BCUT2D eigenvalue weighted by Gasteiger charge is -2.38. The number of amides is 2. The number of likely N-dealkylation sites (tertiary alicyclic amines) is 1. The second-order valence-corrected chi connectivity index (χ2v) is 6.59. The molecule has 0 bridgehead atoms. The van der Waals surface area contributed by atoms with Crippen LogP contribution < -0.4 is 5.32 Å². The number of rotatable bonds is 4. The minimum Gasteiger partial charge on any atom is -0.349 e. The number of carbonyl (C=O) groups is 2. The third-order valence-corrected chi connectivity index (χ3v) is 5.02. The van der Waals surface area contributed by atoms with E-state index in [4.69, 9.17) is 0 Å². The first kappa shape index (κ1) is 16.0. The van der Waals surface area contributed by atoms with E-state index in [0.29, 0.717) is 19.6 Å². The molecule has 0 spiro atoms. The summed E-state index contributed by atoms with van der Waals surface area (Å²) < 4.78 is 14.9. The van der Waals surface area contributed by atoms with E-state index in [-0.39, 0.29) is 24.7 Å². The van der Waals surface area contributed by atoms with Crippen LogP contribution in [0.3, 0.4) is 0 Å². The van der Waals surface area contributed by atoms with Crippen LogP contribution in [0.5, 0.6) is 0 Å². The van der Waals surface area contributed by atoms with Gasteiger partial charge in [-0.25, -0.2) is 4.39 Å². The number of alkyl halides is 1. The van der Waals surface area contributed by atoms with Gasteiger partial charge in [0.25, 0.3) is 5.91 Å². The lowest BCUT2D eigenvalue weighted by atomic mass is 9.83. The van der Waals surface area contributed by atoms with Gasteiger partial charge in [-0.3, -0.25) is 9.59 Å². The Hall–Kier alpha value is -1.91. The molecular formula is C18H23FN2O2. The molecule has 0 unspecified atom stereocenters. The highest BCUT2D eigenvalue weighted by Gasteiger charge is 2.43. The van der Waals surface area contributed by atoms with Gasteiger partial charge in [-0.15, -0.1) is 0 Å². The molecule has 3 rings (SSSR count). The summed E-state index contributed by atoms with van der Waals surface area (Å²) in [5, 5.41) is 2.68. The molecular weight excluding hydrogens is 295 g/mol. The molecule has 2 fully saturated rings. The number of nitrogens with one attached hydrogen (secondary N) is 1. The first-order valence-electron chi connectivity index (χ1n) is 8.38. The number of piperidine rings is 1. The average Bonchev–Trinajstić information content (AvgIpc) is 2.52. The molecule has 124 valence electrons. The van der Waals surface area contributed by atoms with E-state index in [1.165, 1.54) is 0 Å². The van der Waals surface area contributed by atoms with Crippen molar-refractivity contribution in [1.82, 2.24) is 10.2 Å². The van der Waals surface area contributed by atoms with E-state index in [0.717, 1.165) is 24.8 Å². The van der Waals surface area contributed by atoms with Crippen molar-refractivity contribution in [1.29, 1.82) is 0 Å². The molecule has 0 aromatic heterocycles. The molecule has 5 heteroatoms. The summed E-state index contributed by atoms with van der Waals surface area (Å²) in [6, 6.07) is 9.46. The van der Waals surface area contributed by atoms with Crippen molar-refractivity contribution in [2.75, 3.05) is 13.1 Å². The third-order valence-electron chi connectivity index (χ3n) is 5.02. The Kier molecular flexibility index (Phi) is 4.64. The second kappa shape index (κ2) is 6.69. The zero-order valence-corrected chi connectivity index (χ0v) is 13.3. The van der Waals surface area contributed by atoms with Crippen LogP contribution in [0.4, 0.5) is 4.39 Å². The summed E-state index contributed by atoms with van der Waals surface area (Å²) in [6.45, 7) is 1.01. The molecule has 0 atom stereocenters. The van der Waals surface area contributed by atoms with Gasteiger partial charge >= 0.3 is 0 Å². The van der Waals surface area contributed by atoms with Gasteiger partial charge in [-0.1, -0.05) is 36.8 Å². The maximum absolute atomic E-state index is 14.9. The normalized spacial score (nSPS) is 20.7. The molecule has 1 saturated heterocycles. The van der Waals surface area contributed by atoms with Crippen molar-refractivity contribution in [2.24, 2.45) is 5.92 Å². The fourth-order valence-electron chi connectivity index (χ4n) is 3.16. The van der Waals surface area contributed by atoms with E-state index in [1.807, 2.05) is 30.3 Å². The molecule has 4 nitrogen and oxygen atoms in total. The van der Waals surface area contributed by atoms with E-state index < -0.39 is 11.6 Å². The number of carbonyl (C=O) groups excluding carboxylic acids is 2. The van der Waals surface area contributed by atoms with Crippen LogP contribution in [-0.4, -0.2) is 35.5 Å². The predicted octanol–water partition coefficient (Wildman–Crippen LogP) is 2.43. The SMILES string of the molecule is O=C(C1CCC1)N1CCC(F)(C(=O)NCc2ccccc2)CC1. The summed E-state index contributed by atoms with van der Waals surface area (Å²) in [7, 11) is 0. The van der Waals surface area contributed by atoms with Crippen molar-refractivity contribution in [3.8, 4) is 0 Å². The fraction of sp³-hybridized carbons (Fsp3) is 0.556. The molecule has 1 N–H and O–H groups in total. The number of halogens is 1. The zero-order chi connectivity index (χ0) is 16.3. The molecule has 2 amide bonds. The van der Waals surface area contributed by atoms with Gasteiger partial charge in [0, 0.05) is 38.4 Å². The van der Waals surface area contributed by atoms with Gasteiger partial charge in [-0.2, -0.15) is 0 Å². The molecule has 0 radical (unpaired) electrons. The van der Waals surface area contributed by atoms with Crippen LogP contribution in [0, 0.1) is 5.92 Å². The van der Waals surface area contributed by atoms with Gasteiger partial charge in [-0.05, 0) is 18.4 Å². The maximum Gasteiger partial charge on any atom is 0.258 e. The molecule has 1 aromatic rings. The standard InChI is InChI=1S/C18H23FN2O2/c19-18(17(23)20-13-14-5-2-1-3-6-14)9-11-21(12-10-18)16(22)15-7-4-8-15/h1-3,5-6,15H,4,7-13H2,(H,20,23). The minimum atomic E-state index is -1.86. The van der Waals surface area contributed by atoms with Crippen LogP contribution in [-0.2, 0) is 16.1 Å². The van der Waals surface area contributed by atoms with E-state index >= 15 is 0 Å². The monoisotopic (exact) mass is 318 g/mol. The predicted molar refractivity (Wildman–Crippen MR) is 85.3 cm³/mol. The molecule has 1 aliphatic carbocycles. The first-order chi connectivity index (χ1) is 11.1. The summed E-state index contributed by atoms with van der Waals surface area (Å²) in [5.41, 5.74) is -0.910. The van der Waals surface area contributed by atoms with Crippen molar-refractivity contribution in [3.05, 3.63) is 35.9 Å². The van der Waals surface area contributed by atoms with Crippen molar-refractivity contribution >= 4 is 11.8 Å². The third kappa shape index (κ3) is 3.54. The Morgan fingerprint density at radius 1 is 1.17 bits per heavy atom. The van der Waals surface area contributed by atoms with Gasteiger partial charge in [0.05, 0.1) is 0 Å². The number of nitrogens with zero attached hydrogens (tertiary/aromatic N) is 1. The van der Waals surface area contributed by atoms with Crippen LogP contribution in [0.25, 0.3) is 0 Å². The molecule has 1 heterocycles. The summed E-state index contributed by atoms with van der Waals surface area (Å²) >= 11 is 0. The highest BCUT2D eigenvalue weighted by molar-refractivity contribution is 5.86. The quantitative estimate of drug-likeness (QED) is 0.927. The highest BCUT2D eigenvalue weighted by atomic mass is 19.1. The molecule has 1 aromatic carbocycles. The summed E-state index contributed by atoms with van der Waals surface area (Å²) in [4.78, 5) is 26.1. The Balaban J connectivity index is 1.50. The second-order valence-electron chi connectivity index (χ2n) is 6.59. The summed E-state index contributed by atoms with van der Waals surface area (Å²) in [6.07, 6.45) is 3.19. The fourth-order valence-corrected chi connectivity index (χ4v) is 3.16. The van der Waals surface area contributed by atoms with Crippen LogP contribution >= 0.6 is 0 Å². The van der Waals surface area contributed by atoms with Crippen LogP contribution in [0.15, 0.2) is 30.3 Å². The Bertz CT molecular complexity index is 564. The Morgan fingerprint density at radius 2 is 1.83 bits per heavy atom. The Morgan fingerprint density at radius 3 is 2.39 bits per heavy atom. The number of benzene rings is 1. The van der Waals surface area contributed by atoms with Gasteiger partial charge in [0.1, 0.15) is 0 Å². The lowest BCUT2D eigenvalue weighted by Crippen LogP contribution is -2.53. The van der Waals surface area contributed by atoms with E-state index in [2.05, 4.69) is 5.32 Å². The van der Waals surface area contributed by atoms with E-state index in [1.54, 1.807) is 4.90 Å². The molecule has 23 heavy (non-hydrogen) atoms. The number of hydrogen-bond acceptors (Lipinski definition) is 2. The average molecular weight is 318 g/mol. The van der Waals surface area contributed by atoms with Crippen molar-refractivity contribution < 1.29 is 14.0 Å². The molecule has 2 aliphatic rings. The Labute approximate surface area is 136 Å². The molecule has 1 saturated carbocycles.